The van der Waals surface area contributed by atoms with Crippen molar-refractivity contribution < 1.29 is 28.6 Å². The second-order valence-corrected chi connectivity index (χ2v) is 9.08. The molecule has 0 saturated heterocycles. The van der Waals surface area contributed by atoms with Crippen molar-refractivity contribution in [3.05, 3.63) is 70.1 Å². The highest BCUT2D eigenvalue weighted by Gasteiger charge is 2.38. The summed E-state index contributed by atoms with van der Waals surface area (Å²) in [5.41, 5.74) is 4.15. The van der Waals surface area contributed by atoms with E-state index in [1.807, 2.05) is 31.2 Å². The zero-order valence-electron chi connectivity index (χ0n) is 19.2. The molecule has 8 heteroatoms. The molecule has 34 heavy (non-hydrogen) atoms. The first-order chi connectivity index (χ1) is 16.4. The minimum absolute atomic E-state index is 0.214. The van der Waals surface area contributed by atoms with E-state index in [4.69, 9.17) is 14.2 Å². The maximum absolute atomic E-state index is 12.6. The molecule has 1 aromatic heterocycles. The average molecular weight is 480 g/mol. The molecular formula is C26H25NO6S. The number of rotatable bonds is 7. The van der Waals surface area contributed by atoms with Crippen molar-refractivity contribution in [1.82, 2.24) is 0 Å². The molecule has 0 radical (unpaired) electrons. The topological polar surface area (TPSA) is 90.9 Å². The molecule has 1 N–H and O–H groups in total. The van der Waals surface area contributed by atoms with E-state index in [1.165, 1.54) is 31.1 Å². The third-order valence-electron chi connectivity index (χ3n) is 5.77. The zero-order valence-corrected chi connectivity index (χ0v) is 20.0. The van der Waals surface area contributed by atoms with Gasteiger partial charge in [0.05, 0.1) is 25.7 Å². The van der Waals surface area contributed by atoms with Crippen LogP contribution in [-0.2, 0) is 25.5 Å². The van der Waals surface area contributed by atoms with Gasteiger partial charge in [0.25, 0.3) is 5.91 Å². The van der Waals surface area contributed by atoms with Gasteiger partial charge >= 0.3 is 11.9 Å². The molecule has 176 valence electrons. The number of amides is 1. The van der Waals surface area contributed by atoms with E-state index >= 15 is 0 Å². The summed E-state index contributed by atoms with van der Waals surface area (Å²) in [6, 6.07) is 15.7. The van der Waals surface area contributed by atoms with Gasteiger partial charge in [0.2, 0.25) is 0 Å². The predicted octanol–water partition coefficient (Wildman–Crippen LogP) is 4.73. The number of carbonyl (C=O) groups excluding carboxylic acids is 3. The van der Waals surface area contributed by atoms with Crippen molar-refractivity contribution in [3.8, 4) is 16.9 Å². The summed E-state index contributed by atoms with van der Waals surface area (Å²) in [4.78, 5) is 38.1. The van der Waals surface area contributed by atoms with Crippen LogP contribution in [0.5, 0.6) is 5.75 Å². The maximum Gasteiger partial charge on any atom is 0.341 e. The SMILES string of the molecule is COC(=O)c1c(NC(=O)COc2ccc(-c3ccc(C)cc3)cc2)sc2c1[C@H](C(=O)OC)CC2. The van der Waals surface area contributed by atoms with Crippen LogP contribution in [0.4, 0.5) is 5.00 Å². The van der Waals surface area contributed by atoms with Gasteiger partial charge in [-0.2, -0.15) is 0 Å². The summed E-state index contributed by atoms with van der Waals surface area (Å²) in [7, 11) is 2.58. The monoisotopic (exact) mass is 479 g/mol. The van der Waals surface area contributed by atoms with Gasteiger partial charge in [0.1, 0.15) is 10.8 Å². The van der Waals surface area contributed by atoms with Crippen molar-refractivity contribution >= 4 is 34.2 Å². The Morgan fingerprint density at radius 2 is 1.62 bits per heavy atom. The minimum atomic E-state index is -0.601. The molecule has 1 aliphatic rings. The van der Waals surface area contributed by atoms with Gasteiger partial charge in [-0.25, -0.2) is 4.79 Å². The molecule has 0 saturated carbocycles. The quantitative estimate of drug-likeness (QED) is 0.493. The number of carbonyl (C=O) groups is 3. The molecule has 1 amide bonds. The lowest BCUT2D eigenvalue weighted by Crippen LogP contribution is -2.22. The van der Waals surface area contributed by atoms with Gasteiger partial charge in [0.15, 0.2) is 6.61 Å². The van der Waals surface area contributed by atoms with Gasteiger partial charge in [-0.15, -0.1) is 11.3 Å². The first kappa shape index (κ1) is 23.5. The van der Waals surface area contributed by atoms with E-state index in [9.17, 15) is 14.4 Å². The van der Waals surface area contributed by atoms with Crippen LogP contribution in [0.1, 0.15) is 38.7 Å². The highest BCUT2D eigenvalue weighted by molar-refractivity contribution is 7.17. The molecule has 7 nitrogen and oxygen atoms in total. The van der Waals surface area contributed by atoms with Crippen molar-refractivity contribution in [1.29, 1.82) is 0 Å². The van der Waals surface area contributed by atoms with Crippen LogP contribution < -0.4 is 10.1 Å². The molecule has 0 fully saturated rings. The fraction of sp³-hybridized carbons (Fsp3) is 0.269. The van der Waals surface area contributed by atoms with Crippen molar-refractivity contribution in [3.63, 3.8) is 0 Å². The summed E-state index contributed by atoms with van der Waals surface area (Å²) in [5, 5.41) is 3.10. The third-order valence-corrected chi connectivity index (χ3v) is 6.95. The third kappa shape index (κ3) is 4.82. The first-order valence-electron chi connectivity index (χ1n) is 10.8. The van der Waals surface area contributed by atoms with Crippen LogP contribution >= 0.6 is 11.3 Å². The minimum Gasteiger partial charge on any atom is -0.484 e. The Morgan fingerprint density at radius 3 is 2.24 bits per heavy atom. The van der Waals surface area contributed by atoms with E-state index in [-0.39, 0.29) is 12.2 Å². The molecule has 0 aliphatic heterocycles. The number of methoxy groups -OCH3 is 2. The number of fused-ring (bicyclic) bond motifs is 1. The van der Waals surface area contributed by atoms with Gasteiger partial charge < -0.3 is 19.5 Å². The number of nitrogens with one attached hydrogen (secondary N) is 1. The molecule has 0 bridgehead atoms. The summed E-state index contributed by atoms with van der Waals surface area (Å²) in [6.45, 7) is 1.81. The van der Waals surface area contributed by atoms with Crippen molar-refractivity contribution in [2.45, 2.75) is 25.7 Å². The number of hydrogen-bond acceptors (Lipinski definition) is 7. The number of thiophene rings is 1. The molecule has 4 rings (SSSR count). The summed E-state index contributed by atoms with van der Waals surface area (Å²) in [6.07, 6.45) is 1.19. The Morgan fingerprint density at radius 1 is 0.971 bits per heavy atom. The lowest BCUT2D eigenvalue weighted by atomic mass is 9.99. The molecule has 3 aromatic rings. The van der Waals surface area contributed by atoms with E-state index in [2.05, 4.69) is 29.6 Å². The first-order valence-corrected chi connectivity index (χ1v) is 11.6. The number of hydrogen-bond donors (Lipinski definition) is 1. The molecule has 2 aromatic carbocycles. The van der Waals surface area contributed by atoms with Gasteiger partial charge in [-0.05, 0) is 48.6 Å². The Kier molecular flexibility index (Phi) is 6.98. The Balaban J connectivity index is 1.44. The van der Waals surface area contributed by atoms with Crippen molar-refractivity contribution in [2.24, 2.45) is 0 Å². The lowest BCUT2D eigenvalue weighted by molar-refractivity contribution is -0.142. The van der Waals surface area contributed by atoms with Crippen LogP contribution in [0.3, 0.4) is 0 Å². The number of benzene rings is 2. The van der Waals surface area contributed by atoms with E-state index in [0.717, 1.165) is 16.0 Å². The van der Waals surface area contributed by atoms with Gasteiger partial charge in [0, 0.05) is 4.88 Å². The van der Waals surface area contributed by atoms with Crippen LogP contribution in [0.2, 0.25) is 0 Å². The number of aryl methyl sites for hydroxylation is 2. The van der Waals surface area contributed by atoms with Crippen LogP contribution in [0.15, 0.2) is 48.5 Å². The van der Waals surface area contributed by atoms with Crippen LogP contribution in [0, 0.1) is 6.92 Å². The number of anilines is 1. The Bertz CT molecular complexity index is 1210. The fourth-order valence-corrected chi connectivity index (χ4v) is 5.32. The molecule has 1 heterocycles. The zero-order chi connectivity index (χ0) is 24.2. The summed E-state index contributed by atoms with van der Waals surface area (Å²) >= 11 is 1.28. The second kappa shape index (κ2) is 10.1. The summed E-state index contributed by atoms with van der Waals surface area (Å²) < 4.78 is 15.4. The summed E-state index contributed by atoms with van der Waals surface area (Å²) in [5.74, 6) is -1.41. The molecule has 0 unspecified atom stereocenters. The van der Waals surface area contributed by atoms with E-state index in [0.29, 0.717) is 29.2 Å². The average Bonchev–Trinajstić information content (AvgIpc) is 3.41. The van der Waals surface area contributed by atoms with E-state index in [1.54, 1.807) is 0 Å². The lowest BCUT2D eigenvalue weighted by Gasteiger charge is -2.12. The number of ether oxygens (including phenoxy) is 3. The normalized spacial score (nSPS) is 14.3. The van der Waals surface area contributed by atoms with E-state index < -0.39 is 23.8 Å². The molecule has 0 spiro atoms. The highest BCUT2D eigenvalue weighted by Crippen LogP contribution is 2.45. The number of esters is 2. The second-order valence-electron chi connectivity index (χ2n) is 7.98. The maximum atomic E-state index is 12.6. The highest BCUT2D eigenvalue weighted by atomic mass is 32.1. The van der Waals surface area contributed by atoms with Crippen LogP contribution in [-0.4, -0.2) is 38.7 Å². The van der Waals surface area contributed by atoms with Crippen LogP contribution in [0.25, 0.3) is 11.1 Å². The largest absolute Gasteiger partial charge is 0.484 e. The molecule has 1 atom stereocenters. The molecule has 1 aliphatic carbocycles. The standard InChI is InChI=1S/C26H25NO6S/c1-15-4-6-16(7-5-15)17-8-10-18(11-9-17)33-14-21(28)27-24-23(26(30)32-3)22-19(25(29)31-2)12-13-20(22)34-24/h4-11,19H,12-14H2,1-3H3,(H,27,28)/t19-/m1/s1. The van der Waals surface area contributed by atoms with Gasteiger partial charge in [-0.3, -0.25) is 9.59 Å². The fourth-order valence-electron chi connectivity index (χ4n) is 4.04. The Hall–Kier alpha value is -3.65. The van der Waals surface area contributed by atoms with Gasteiger partial charge in [-0.1, -0.05) is 42.0 Å². The smallest absolute Gasteiger partial charge is 0.341 e. The predicted molar refractivity (Wildman–Crippen MR) is 129 cm³/mol. The molecular weight excluding hydrogens is 454 g/mol. The Labute approximate surface area is 201 Å². The van der Waals surface area contributed by atoms with Crippen molar-refractivity contribution in [2.75, 3.05) is 26.1 Å².